The van der Waals surface area contributed by atoms with Crippen molar-refractivity contribution in [2.45, 2.75) is 62.5 Å². The number of carbonyl (C=O) groups is 1. The molecule has 3 aromatic carbocycles. The third kappa shape index (κ3) is 8.38. The molecule has 2 unspecified atom stereocenters. The fraction of sp³-hybridized carbons (Fsp3) is 0.387. The number of sulfonamides is 1. The predicted molar refractivity (Wildman–Crippen MR) is 160 cm³/mol. The number of hydrogen-bond donors (Lipinski definition) is 3. The maximum atomic E-state index is 13.3. The van der Waals surface area contributed by atoms with Gasteiger partial charge in [-0.1, -0.05) is 72.3 Å². The van der Waals surface area contributed by atoms with Crippen LogP contribution in [-0.4, -0.2) is 60.7 Å². The third-order valence-corrected chi connectivity index (χ3v) is 9.26. The first-order valence-corrected chi connectivity index (χ1v) is 15.2. The number of carboxylic acid groups (broad SMARTS) is 1. The summed E-state index contributed by atoms with van der Waals surface area (Å²) < 4.78 is 27.7. The smallest absolute Gasteiger partial charge is 0.310 e. The summed E-state index contributed by atoms with van der Waals surface area (Å²) in [5, 5.41) is 23.7. The molecule has 3 rings (SSSR count). The van der Waals surface area contributed by atoms with E-state index in [0.717, 1.165) is 23.6 Å². The largest absolute Gasteiger partial charge is 0.481 e. The number of aliphatic carboxylic acids is 1. The normalized spacial score (nSPS) is 13.8. The summed E-state index contributed by atoms with van der Waals surface area (Å²) in [7, 11) is -2.50. The molecular weight excluding hydrogens is 548 g/mol. The average molecular weight is 587 g/mol. The number of aliphatic hydroxyl groups excluding tert-OH is 1. The Morgan fingerprint density at radius 1 is 1.02 bits per heavy atom. The molecule has 0 fully saturated rings. The monoisotopic (exact) mass is 586 g/mol. The zero-order valence-electron chi connectivity index (χ0n) is 23.5. The molecule has 0 aromatic heterocycles. The van der Waals surface area contributed by atoms with E-state index in [2.05, 4.69) is 31.3 Å². The molecule has 0 aliphatic rings. The van der Waals surface area contributed by atoms with Crippen LogP contribution in [0.2, 0.25) is 5.02 Å². The van der Waals surface area contributed by atoms with Gasteiger partial charge in [-0.3, -0.25) is 4.79 Å². The van der Waals surface area contributed by atoms with Gasteiger partial charge in [0.25, 0.3) is 0 Å². The standard InChI is InChI=1S/C31H39ClN2O5S/c1-22(30(36)37)26-14-8-9-15-27(26)28-17-16-25(19-29(28)32)40(38,39)34(4)21-24(35)20-33-31(2,3)18-10-13-23-11-6-5-7-12-23/h5-9,11-12,14-17,19,22,24,33,35H,10,13,18,20-21H2,1-4H3,(H,36,37). The molecule has 0 bridgehead atoms. The molecule has 0 spiro atoms. The maximum absolute atomic E-state index is 13.3. The van der Waals surface area contributed by atoms with Gasteiger partial charge < -0.3 is 15.5 Å². The lowest BCUT2D eigenvalue weighted by molar-refractivity contribution is -0.138. The van der Waals surface area contributed by atoms with Crippen LogP contribution in [0.25, 0.3) is 11.1 Å². The van der Waals surface area contributed by atoms with Crippen LogP contribution >= 0.6 is 11.6 Å². The van der Waals surface area contributed by atoms with Gasteiger partial charge in [0.2, 0.25) is 10.0 Å². The van der Waals surface area contributed by atoms with Crippen LogP contribution in [0.3, 0.4) is 0 Å². The van der Waals surface area contributed by atoms with Crippen LogP contribution in [0.4, 0.5) is 0 Å². The molecule has 0 saturated carbocycles. The molecule has 0 aliphatic heterocycles. The van der Waals surface area contributed by atoms with E-state index in [0.29, 0.717) is 16.7 Å². The number of rotatable bonds is 14. The zero-order chi connectivity index (χ0) is 29.5. The Bertz CT molecular complexity index is 1400. The van der Waals surface area contributed by atoms with Crippen molar-refractivity contribution in [1.82, 2.24) is 9.62 Å². The Balaban J connectivity index is 1.62. The highest BCUT2D eigenvalue weighted by atomic mass is 35.5. The SMILES string of the molecule is CC(C(=O)O)c1ccccc1-c1ccc(S(=O)(=O)N(C)CC(O)CNC(C)(C)CCCc2ccccc2)cc1Cl. The first-order chi connectivity index (χ1) is 18.8. The van der Waals surface area contributed by atoms with Gasteiger partial charge >= 0.3 is 5.97 Å². The van der Waals surface area contributed by atoms with Gasteiger partial charge in [0.1, 0.15) is 0 Å². The van der Waals surface area contributed by atoms with Gasteiger partial charge in [-0.15, -0.1) is 0 Å². The second-order valence-electron chi connectivity index (χ2n) is 10.8. The Morgan fingerprint density at radius 3 is 2.33 bits per heavy atom. The molecule has 2 atom stereocenters. The molecule has 9 heteroatoms. The van der Waals surface area contributed by atoms with Crippen molar-refractivity contribution < 1.29 is 23.4 Å². The van der Waals surface area contributed by atoms with E-state index in [1.54, 1.807) is 37.3 Å². The van der Waals surface area contributed by atoms with Crippen LogP contribution in [0.15, 0.2) is 77.7 Å². The van der Waals surface area contributed by atoms with Gasteiger partial charge in [0, 0.05) is 36.3 Å². The van der Waals surface area contributed by atoms with Crippen LogP contribution in [-0.2, 0) is 21.2 Å². The van der Waals surface area contributed by atoms with Crippen LogP contribution in [0, 0.1) is 0 Å². The van der Waals surface area contributed by atoms with E-state index < -0.39 is 28.0 Å². The van der Waals surface area contributed by atoms with E-state index in [4.69, 9.17) is 11.6 Å². The van der Waals surface area contributed by atoms with Gasteiger partial charge in [0.15, 0.2) is 0 Å². The number of halogens is 1. The molecule has 0 aliphatic carbocycles. The van der Waals surface area contributed by atoms with Gasteiger partial charge in [-0.05, 0) is 68.9 Å². The lowest BCUT2D eigenvalue weighted by atomic mass is 9.91. The highest BCUT2D eigenvalue weighted by molar-refractivity contribution is 7.89. The van der Waals surface area contributed by atoms with Crippen molar-refractivity contribution >= 4 is 27.6 Å². The fourth-order valence-corrected chi connectivity index (χ4v) is 6.21. The van der Waals surface area contributed by atoms with E-state index in [9.17, 15) is 23.4 Å². The van der Waals surface area contributed by atoms with Crippen LogP contribution in [0.1, 0.15) is 50.7 Å². The summed E-state index contributed by atoms with van der Waals surface area (Å²) in [5.74, 6) is -1.72. The Morgan fingerprint density at radius 2 is 1.68 bits per heavy atom. The van der Waals surface area contributed by atoms with Crippen LogP contribution < -0.4 is 5.32 Å². The summed E-state index contributed by atoms with van der Waals surface area (Å²) in [4.78, 5) is 11.6. The number of nitrogens with one attached hydrogen (secondary N) is 1. The van der Waals surface area contributed by atoms with Crippen molar-refractivity contribution in [3.8, 4) is 11.1 Å². The van der Waals surface area contributed by atoms with Crippen molar-refractivity contribution in [2.24, 2.45) is 0 Å². The second-order valence-corrected chi connectivity index (χ2v) is 13.3. The molecule has 216 valence electrons. The summed E-state index contributed by atoms with van der Waals surface area (Å²) >= 11 is 6.53. The minimum atomic E-state index is -3.93. The molecule has 0 amide bonds. The molecular formula is C31H39ClN2O5S. The number of carboxylic acids is 1. The molecule has 0 heterocycles. The number of nitrogens with zero attached hydrogens (tertiary/aromatic N) is 1. The number of benzene rings is 3. The van der Waals surface area contributed by atoms with Crippen molar-refractivity contribution in [3.63, 3.8) is 0 Å². The molecule has 3 aromatic rings. The zero-order valence-corrected chi connectivity index (χ0v) is 25.0. The number of aryl methyl sites for hydroxylation is 1. The van der Waals surface area contributed by atoms with E-state index in [1.807, 2.05) is 18.2 Å². The Labute approximate surface area is 242 Å². The first kappa shape index (κ1) is 31.8. The maximum Gasteiger partial charge on any atom is 0.310 e. The summed E-state index contributed by atoms with van der Waals surface area (Å²) in [6.07, 6.45) is 1.96. The Hall–Kier alpha value is -2.75. The molecule has 0 radical (unpaired) electrons. The minimum absolute atomic E-state index is 0.00563. The lowest BCUT2D eigenvalue weighted by Gasteiger charge is -2.29. The van der Waals surface area contributed by atoms with Crippen LogP contribution in [0.5, 0.6) is 0 Å². The van der Waals surface area contributed by atoms with Crippen molar-refractivity contribution in [3.05, 3.63) is 88.9 Å². The van der Waals surface area contributed by atoms with Crippen molar-refractivity contribution in [2.75, 3.05) is 20.1 Å². The first-order valence-electron chi connectivity index (χ1n) is 13.4. The van der Waals surface area contributed by atoms with E-state index in [-0.39, 0.29) is 28.5 Å². The van der Waals surface area contributed by atoms with Crippen molar-refractivity contribution in [1.29, 1.82) is 0 Å². The highest BCUT2D eigenvalue weighted by Gasteiger charge is 2.26. The summed E-state index contributed by atoms with van der Waals surface area (Å²) in [6, 6.07) is 21.7. The quantitative estimate of drug-likeness (QED) is 0.228. The molecule has 3 N–H and O–H groups in total. The van der Waals surface area contributed by atoms with E-state index in [1.165, 1.54) is 24.7 Å². The molecule has 7 nitrogen and oxygen atoms in total. The number of aliphatic hydroxyl groups is 1. The third-order valence-electron chi connectivity index (χ3n) is 7.13. The number of hydrogen-bond acceptors (Lipinski definition) is 5. The predicted octanol–water partition coefficient (Wildman–Crippen LogP) is 5.57. The lowest BCUT2D eigenvalue weighted by Crippen LogP contribution is -2.46. The van der Waals surface area contributed by atoms with Gasteiger partial charge in [0.05, 0.1) is 16.9 Å². The topological polar surface area (TPSA) is 107 Å². The average Bonchev–Trinajstić information content (AvgIpc) is 2.92. The van der Waals surface area contributed by atoms with Gasteiger partial charge in [-0.25, -0.2) is 8.42 Å². The molecule has 40 heavy (non-hydrogen) atoms. The fourth-order valence-electron chi connectivity index (χ4n) is 4.63. The molecule has 0 saturated heterocycles. The van der Waals surface area contributed by atoms with E-state index >= 15 is 0 Å². The van der Waals surface area contributed by atoms with Gasteiger partial charge in [-0.2, -0.15) is 4.31 Å². The highest BCUT2D eigenvalue weighted by Crippen LogP contribution is 2.35. The number of β-amino-alcohol motifs (C(OH)–C–C–N with tert-alkyl or cyclic N) is 1. The second kappa shape index (κ2) is 13.7. The number of likely N-dealkylation sites (N-methyl/N-ethyl adjacent to an activating group) is 1. The minimum Gasteiger partial charge on any atom is -0.481 e. The summed E-state index contributed by atoms with van der Waals surface area (Å²) in [5.41, 5.74) is 2.84. The summed E-state index contributed by atoms with van der Waals surface area (Å²) in [6.45, 7) is 5.90. The Kier molecular flexibility index (Phi) is 10.9.